The average molecular weight is 235 g/mol. The average Bonchev–Trinajstić information content (AvgIpc) is 2.28. The minimum atomic E-state index is -1.07. The maximum atomic E-state index is 11.2. The van der Waals surface area contributed by atoms with Gasteiger partial charge in [0.25, 0.3) is 0 Å². The van der Waals surface area contributed by atoms with E-state index in [1.165, 1.54) is 12.5 Å². The van der Waals surface area contributed by atoms with Gasteiger partial charge in [0.05, 0.1) is 5.69 Å². The van der Waals surface area contributed by atoms with Crippen molar-refractivity contribution >= 4 is 11.7 Å². The normalized spacial score (nSPS) is 15.9. The van der Waals surface area contributed by atoms with Crippen LogP contribution in [0.15, 0.2) is 12.1 Å². The van der Waals surface area contributed by atoms with Crippen LogP contribution in [0, 0.1) is 6.92 Å². The molecule has 1 aromatic carbocycles. The molecule has 0 saturated carbocycles. The van der Waals surface area contributed by atoms with E-state index in [2.05, 4.69) is 4.90 Å². The van der Waals surface area contributed by atoms with Crippen molar-refractivity contribution in [3.05, 3.63) is 23.3 Å². The molecule has 17 heavy (non-hydrogen) atoms. The second-order valence-corrected chi connectivity index (χ2v) is 4.53. The van der Waals surface area contributed by atoms with Gasteiger partial charge >= 0.3 is 5.97 Å². The van der Waals surface area contributed by atoms with Gasteiger partial charge < -0.3 is 15.1 Å². The van der Waals surface area contributed by atoms with Gasteiger partial charge in [0.15, 0.2) is 0 Å². The molecular weight excluding hydrogens is 218 g/mol. The Kier molecular flexibility index (Phi) is 3.22. The Balaban J connectivity index is 2.46. The summed E-state index contributed by atoms with van der Waals surface area (Å²) in [4.78, 5) is 13.3. The lowest BCUT2D eigenvalue weighted by Gasteiger charge is -2.30. The van der Waals surface area contributed by atoms with Crippen molar-refractivity contribution in [1.29, 1.82) is 0 Å². The molecule has 4 nitrogen and oxygen atoms in total. The Labute approximate surface area is 100 Å². The number of aromatic hydroxyl groups is 1. The summed E-state index contributed by atoms with van der Waals surface area (Å²) >= 11 is 0. The molecule has 1 aliphatic rings. The number of phenols is 1. The Morgan fingerprint density at radius 1 is 1.24 bits per heavy atom. The Bertz CT molecular complexity index is 437. The number of aromatic carboxylic acids is 1. The molecule has 0 radical (unpaired) electrons. The fraction of sp³-hybridized carbons (Fsp3) is 0.462. The molecule has 0 aliphatic carbocycles. The first-order chi connectivity index (χ1) is 8.09. The van der Waals surface area contributed by atoms with Crippen LogP contribution >= 0.6 is 0 Å². The van der Waals surface area contributed by atoms with Crippen LogP contribution in [-0.2, 0) is 0 Å². The number of rotatable bonds is 2. The molecule has 4 heteroatoms. The summed E-state index contributed by atoms with van der Waals surface area (Å²) in [6, 6.07) is 3.34. The molecule has 1 saturated heterocycles. The van der Waals surface area contributed by atoms with E-state index in [4.69, 9.17) is 0 Å². The van der Waals surface area contributed by atoms with Crippen molar-refractivity contribution in [1.82, 2.24) is 0 Å². The van der Waals surface area contributed by atoms with Gasteiger partial charge in [0.1, 0.15) is 11.3 Å². The summed E-state index contributed by atoms with van der Waals surface area (Å²) in [6.45, 7) is 3.59. The van der Waals surface area contributed by atoms with Crippen molar-refractivity contribution in [2.24, 2.45) is 0 Å². The Morgan fingerprint density at radius 2 is 1.88 bits per heavy atom. The van der Waals surface area contributed by atoms with Crippen LogP contribution in [0.25, 0.3) is 0 Å². The monoisotopic (exact) mass is 235 g/mol. The van der Waals surface area contributed by atoms with E-state index < -0.39 is 5.97 Å². The predicted octanol–water partition coefficient (Wildman–Crippen LogP) is 2.39. The van der Waals surface area contributed by atoms with E-state index in [-0.39, 0.29) is 11.3 Å². The SMILES string of the molecule is Cc1cc(O)c(C(=O)O)c(N2CCCCC2)c1. The lowest BCUT2D eigenvalue weighted by molar-refractivity contribution is 0.0694. The van der Waals surface area contributed by atoms with Crippen LogP contribution in [0.4, 0.5) is 5.69 Å². The van der Waals surface area contributed by atoms with Crippen LogP contribution in [-0.4, -0.2) is 29.3 Å². The molecule has 0 amide bonds. The number of carboxylic acids is 1. The van der Waals surface area contributed by atoms with Crippen LogP contribution < -0.4 is 4.90 Å². The molecule has 0 spiro atoms. The van der Waals surface area contributed by atoms with E-state index in [0.29, 0.717) is 5.69 Å². The molecule has 2 N–H and O–H groups in total. The number of carboxylic acid groups (broad SMARTS) is 1. The second kappa shape index (κ2) is 4.65. The molecule has 2 rings (SSSR count). The molecule has 0 unspecified atom stereocenters. The van der Waals surface area contributed by atoms with E-state index in [1.807, 2.05) is 13.0 Å². The van der Waals surface area contributed by atoms with Gasteiger partial charge in [0, 0.05) is 13.1 Å². The molecular formula is C13H17NO3. The zero-order chi connectivity index (χ0) is 12.4. The molecule has 1 fully saturated rings. The lowest BCUT2D eigenvalue weighted by atomic mass is 10.0. The zero-order valence-corrected chi connectivity index (χ0v) is 9.94. The summed E-state index contributed by atoms with van der Waals surface area (Å²) < 4.78 is 0. The fourth-order valence-electron chi connectivity index (χ4n) is 2.35. The van der Waals surface area contributed by atoms with Crippen molar-refractivity contribution in [2.45, 2.75) is 26.2 Å². The van der Waals surface area contributed by atoms with Crippen LogP contribution in [0.2, 0.25) is 0 Å². The number of hydrogen-bond acceptors (Lipinski definition) is 3. The first kappa shape index (κ1) is 11.8. The molecule has 1 heterocycles. The van der Waals surface area contributed by atoms with Crippen molar-refractivity contribution < 1.29 is 15.0 Å². The maximum Gasteiger partial charge on any atom is 0.341 e. The topological polar surface area (TPSA) is 60.8 Å². The highest BCUT2D eigenvalue weighted by atomic mass is 16.4. The van der Waals surface area contributed by atoms with Gasteiger partial charge in [-0.15, -0.1) is 0 Å². The predicted molar refractivity (Wildman–Crippen MR) is 65.9 cm³/mol. The smallest absolute Gasteiger partial charge is 0.341 e. The number of hydrogen-bond donors (Lipinski definition) is 2. The number of piperidine rings is 1. The van der Waals surface area contributed by atoms with Gasteiger partial charge in [-0.2, -0.15) is 0 Å². The van der Waals surface area contributed by atoms with E-state index in [9.17, 15) is 15.0 Å². The highest BCUT2D eigenvalue weighted by molar-refractivity contribution is 5.97. The van der Waals surface area contributed by atoms with Crippen LogP contribution in [0.3, 0.4) is 0 Å². The largest absolute Gasteiger partial charge is 0.507 e. The molecule has 1 aromatic rings. The third-order valence-electron chi connectivity index (χ3n) is 3.15. The summed E-state index contributed by atoms with van der Waals surface area (Å²) in [5.41, 5.74) is 1.56. The maximum absolute atomic E-state index is 11.2. The van der Waals surface area contributed by atoms with Gasteiger partial charge in [-0.25, -0.2) is 4.79 Å². The highest BCUT2D eigenvalue weighted by Crippen LogP contribution is 2.32. The summed E-state index contributed by atoms with van der Waals surface area (Å²) in [5, 5.41) is 18.9. The van der Waals surface area contributed by atoms with Crippen molar-refractivity contribution in [3.63, 3.8) is 0 Å². The standard InChI is InChI=1S/C13H17NO3/c1-9-7-10(14-5-3-2-4-6-14)12(13(16)17)11(15)8-9/h7-8,15H,2-6H2,1H3,(H,16,17). The molecule has 1 aliphatic heterocycles. The number of anilines is 1. The highest BCUT2D eigenvalue weighted by Gasteiger charge is 2.21. The molecule has 92 valence electrons. The summed E-state index contributed by atoms with van der Waals surface area (Å²) in [5.74, 6) is -1.21. The number of aryl methyl sites for hydroxylation is 1. The number of benzene rings is 1. The fourth-order valence-corrected chi connectivity index (χ4v) is 2.35. The van der Waals surface area contributed by atoms with E-state index in [0.717, 1.165) is 31.5 Å². The molecule has 0 atom stereocenters. The van der Waals surface area contributed by atoms with Crippen molar-refractivity contribution in [2.75, 3.05) is 18.0 Å². The first-order valence-electron chi connectivity index (χ1n) is 5.91. The minimum absolute atomic E-state index is 0.0255. The number of carbonyl (C=O) groups is 1. The quantitative estimate of drug-likeness (QED) is 0.826. The van der Waals surface area contributed by atoms with Crippen LogP contribution in [0.5, 0.6) is 5.75 Å². The van der Waals surface area contributed by atoms with Gasteiger partial charge in [-0.3, -0.25) is 0 Å². The van der Waals surface area contributed by atoms with Crippen molar-refractivity contribution in [3.8, 4) is 5.75 Å². The molecule has 0 aromatic heterocycles. The Hall–Kier alpha value is -1.71. The zero-order valence-electron chi connectivity index (χ0n) is 9.94. The summed E-state index contributed by atoms with van der Waals surface area (Å²) in [7, 11) is 0. The lowest BCUT2D eigenvalue weighted by Crippen LogP contribution is -2.30. The third-order valence-corrected chi connectivity index (χ3v) is 3.15. The third kappa shape index (κ3) is 2.35. The van der Waals surface area contributed by atoms with Gasteiger partial charge in [0.2, 0.25) is 0 Å². The van der Waals surface area contributed by atoms with Gasteiger partial charge in [-0.05, 0) is 43.9 Å². The van der Waals surface area contributed by atoms with E-state index >= 15 is 0 Å². The number of nitrogens with zero attached hydrogens (tertiary/aromatic N) is 1. The summed E-state index contributed by atoms with van der Waals surface area (Å²) in [6.07, 6.45) is 3.35. The second-order valence-electron chi connectivity index (χ2n) is 4.53. The van der Waals surface area contributed by atoms with Gasteiger partial charge in [-0.1, -0.05) is 0 Å². The van der Waals surface area contributed by atoms with E-state index in [1.54, 1.807) is 0 Å². The van der Waals surface area contributed by atoms with Crippen LogP contribution in [0.1, 0.15) is 35.2 Å². The first-order valence-corrected chi connectivity index (χ1v) is 5.91. The Morgan fingerprint density at radius 3 is 2.47 bits per heavy atom. The minimum Gasteiger partial charge on any atom is -0.507 e. The molecule has 0 bridgehead atoms.